The predicted molar refractivity (Wildman–Crippen MR) is 136 cm³/mol. The van der Waals surface area contributed by atoms with Crippen LogP contribution in [0.3, 0.4) is 0 Å². The van der Waals surface area contributed by atoms with Gasteiger partial charge in [-0.1, -0.05) is 36.4 Å². The molecule has 0 aliphatic carbocycles. The van der Waals surface area contributed by atoms with Crippen molar-refractivity contribution >= 4 is 22.9 Å². The molecule has 1 aromatic carbocycles. The molecule has 1 aliphatic rings. The summed E-state index contributed by atoms with van der Waals surface area (Å²) in [5.41, 5.74) is 12.6. The second-order valence-electron chi connectivity index (χ2n) is 8.19. The van der Waals surface area contributed by atoms with Crippen LogP contribution in [0.1, 0.15) is 11.3 Å². The highest BCUT2D eigenvalue weighted by atomic mass is 16.5. The van der Waals surface area contributed by atoms with E-state index in [4.69, 9.17) is 15.6 Å². The molecular formula is C26H27N7O. The maximum absolute atomic E-state index is 6.50. The SMILES string of the molecule is C=C(Nc1c(N2CCOCC2)cc(-n2ccc(-c3cccc(C)c3)n2)nc1N)c1ccccn1. The Morgan fingerprint density at radius 1 is 1.09 bits per heavy atom. The second-order valence-corrected chi connectivity index (χ2v) is 8.19. The summed E-state index contributed by atoms with van der Waals surface area (Å²) >= 11 is 0. The lowest BCUT2D eigenvalue weighted by atomic mass is 10.1. The Kier molecular flexibility index (Phi) is 5.97. The minimum atomic E-state index is 0.365. The summed E-state index contributed by atoms with van der Waals surface area (Å²) in [5, 5.41) is 8.12. The zero-order valence-corrected chi connectivity index (χ0v) is 19.1. The topological polar surface area (TPSA) is 94.1 Å². The maximum atomic E-state index is 6.50. The van der Waals surface area contributed by atoms with Gasteiger partial charge >= 0.3 is 0 Å². The van der Waals surface area contributed by atoms with E-state index < -0.39 is 0 Å². The van der Waals surface area contributed by atoms with Crippen LogP contribution in [0.15, 0.2) is 73.6 Å². The Balaban J connectivity index is 1.52. The van der Waals surface area contributed by atoms with E-state index in [1.54, 1.807) is 10.9 Å². The van der Waals surface area contributed by atoms with Gasteiger partial charge in [-0.05, 0) is 31.2 Å². The molecule has 8 nitrogen and oxygen atoms in total. The van der Waals surface area contributed by atoms with Crippen LogP contribution in [0.25, 0.3) is 22.8 Å². The van der Waals surface area contributed by atoms with Crippen LogP contribution in [0.4, 0.5) is 17.2 Å². The summed E-state index contributed by atoms with van der Waals surface area (Å²) < 4.78 is 7.32. The molecule has 0 unspecified atom stereocenters. The lowest BCUT2D eigenvalue weighted by molar-refractivity contribution is 0.123. The lowest BCUT2D eigenvalue weighted by Crippen LogP contribution is -2.37. The van der Waals surface area contributed by atoms with Gasteiger partial charge in [-0.15, -0.1) is 0 Å². The fraction of sp³-hybridized carbons (Fsp3) is 0.192. The molecule has 0 atom stereocenters. The molecule has 8 heteroatoms. The van der Waals surface area contributed by atoms with Crippen molar-refractivity contribution in [3.8, 4) is 17.1 Å². The molecule has 34 heavy (non-hydrogen) atoms. The molecule has 0 bridgehead atoms. The highest BCUT2D eigenvalue weighted by Gasteiger charge is 2.21. The number of rotatable bonds is 6. The Bertz CT molecular complexity index is 1310. The molecule has 3 aromatic heterocycles. The molecule has 1 aliphatic heterocycles. The summed E-state index contributed by atoms with van der Waals surface area (Å²) in [6, 6.07) is 18.0. The van der Waals surface area contributed by atoms with Gasteiger partial charge in [-0.2, -0.15) is 5.10 Å². The number of hydrogen-bond acceptors (Lipinski definition) is 7. The van der Waals surface area contributed by atoms with Crippen molar-refractivity contribution in [3.63, 3.8) is 0 Å². The number of ether oxygens (including phenoxy) is 1. The van der Waals surface area contributed by atoms with E-state index in [1.165, 1.54) is 5.56 Å². The average Bonchev–Trinajstić information content (AvgIpc) is 3.37. The number of nitrogens with one attached hydrogen (secondary N) is 1. The van der Waals surface area contributed by atoms with E-state index in [9.17, 15) is 0 Å². The first-order chi connectivity index (χ1) is 16.6. The molecule has 1 fully saturated rings. The largest absolute Gasteiger partial charge is 0.382 e. The van der Waals surface area contributed by atoms with Crippen molar-refractivity contribution in [1.29, 1.82) is 0 Å². The Morgan fingerprint density at radius 3 is 2.71 bits per heavy atom. The van der Waals surface area contributed by atoms with Crippen molar-refractivity contribution in [2.24, 2.45) is 0 Å². The molecule has 5 rings (SSSR count). The number of hydrogen-bond donors (Lipinski definition) is 2. The van der Waals surface area contributed by atoms with Gasteiger partial charge in [0.1, 0.15) is 5.69 Å². The van der Waals surface area contributed by atoms with Gasteiger partial charge in [0.05, 0.1) is 36.0 Å². The minimum Gasteiger partial charge on any atom is -0.382 e. The van der Waals surface area contributed by atoms with Crippen molar-refractivity contribution in [1.82, 2.24) is 19.7 Å². The number of pyridine rings is 2. The summed E-state index contributed by atoms with van der Waals surface area (Å²) in [6.07, 6.45) is 3.64. The van der Waals surface area contributed by atoms with Crippen LogP contribution < -0.4 is 16.0 Å². The molecule has 172 valence electrons. The Hall–Kier alpha value is -4.17. The van der Waals surface area contributed by atoms with Crippen molar-refractivity contribution < 1.29 is 4.74 Å². The number of aromatic nitrogens is 4. The van der Waals surface area contributed by atoms with E-state index in [1.807, 2.05) is 42.6 Å². The molecule has 4 aromatic rings. The van der Waals surface area contributed by atoms with Crippen LogP contribution in [-0.2, 0) is 4.74 Å². The zero-order chi connectivity index (χ0) is 23.5. The number of benzene rings is 1. The average molecular weight is 454 g/mol. The molecule has 0 amide bonds. The van der Waals surface area contributed by atoms with Crippen LogP contribution in [0, 0.1) is 6.92 Å². The van der Waals surface area contributed by atoms with Crippen LogP contribution >= 0.6 is 0 Å². The zero-order valence-electron chi connectivity index (χ0n) is 19.1. The van der Waals surface area contributed by atoms with Crippen LogP contribution in [0.5, 0.6) is 0 Å². The number of anilines is 3. The van der Waals surface area contributed by atoms with Crippen LogP contribution in [0.2, 0.25) is 0 Å². The fourth-order valence-electron chi connectivity index (χ4n) is 4.00. The molecule has 3 N–H and O–H groups in total. The molecule has 4 heterocycles. The fourth-order valence-corrected chi connectivity index (χ4v) is 4.00. The normalized spacial score (nSPS) is 13.6. The van der Waals surface area contributed by atoms with Gasteiger partial charge in [-0.3, -0.25) is 4.98 Å². The second kappa shape index (κ2) is 9.36. The molecule has 0 radical (unpaired) electrons. The van der Waals surface area contributed by atoms with E-state index in [0.717, 1.165) is 35.7 Å². The highest BCUT2D eigenvalue weighted by Crippen LogP contribution is 2.35. The number of nitrogen functional groups attached to an aromatic ring is 1. The van der Waals surface area contributed by atoms with Crippen molar-refractivity contribution in [2.75, 3.05) is 42.3 Å². The third-order valence-corrected chi connectivity index (χ3v) is 5.75. The van der Waals surface area contributed by atoms with Gasteiger partial charge in [-0.25, -0.2) is 9.67 Å². The number of nitrogens with zero attached hydrogens (tertiary/aromatic N) is 5. The Morgan fingerprint density at radius 2 is 1.94 bits per heavy atom. The van der Waals surface area contributed by atoms with Crippen molar-refractivity contribution in [3.05, 3.63) is 84.8 Å². The minimum absolute atomic E-state index is 0.365. The van der Waals surface area contributed by atoms with E-state index >= 15 is 0 Å². The quantitative estimate of drug-likeness (QED) is 0.453. The Labute approximate surface area is 198 Å². The molecule has 1 saturated heterocycles. The summed E-state index contributed by atoms with van der Waals surface area (Å²) in [6.45, 7) is 9.03. The summed E-state index contributed by atoms with van der Waals surface area (Å²) in [7, 11) is 0. The van der Waals surface area contributed by atoms with Crippen LogP contribution in [-0.4, -0.2) is 46.1 Å². The van der Waals surface area contributed by atoms with E-state index in [-0.39, 0.29) is 0 Å². The maximum Gasteiger partial charge on any atom is 0.157 e. The van der Waals surface area contributed by atoms with Gasteiger partial charge in [0.2, 0.25) is 0 Å². The van der Waals surface area contributed by atoms with E-state index in [2.05, 4.69) is 51.9 Å². The van der Waals surface area contributed by atoms with Gasteiger partial charge < -0.3 is 20.7 Å². The smallest absolute Gasteiger partial charge is 0.157 e. The third kappa shape index (κ3) is 4.49. The highest BCUT2D eigenvalue weighted by molar-refractivity contribution is 5.88. The standard InChI is InChI=1S/C26H27N7O/c1-18-6-5-7-20(16-18)22-9-11-33(31-22)24-17-23(32-12-14-34-15-13-32)25(26(27)30-24)29-19(2)21-8-3-4-10-28-21/h3-11,16-17,29H,2,12-15H2,1H3,(H2,27,30). The van der Waals surface area contributed by atoms with E-state index in [0.29, 0.717) is 36.2 Å². The third-order valence-electron chi connectivity index (χ3n) is 5.75. The number of morpholine rings is 1. The first-order valence-electron chi connectivity index (χ1n) is 11.2. The molecular weight excluding hydrogens is 426 g/mol. The van der Waals surface area contributed by atoms with Gasteiger partial charge in [0.15, 0.2) is 11.6 Å². The lowest BCUT2D eigenvalue weighted by Gasteiger charge is -2.31. The van der Waals surface area contributed by atoms with Crippen molar-refractivity contribution in [2.45, 2.75) is 6.92 Å². The first-order valence-corrected chi connectivity index (χ1v) is 11.2. The first kappa shape index (κ1) is 21.7. The summed E-state index contributed by atoms with van der Waals surface area (Å²) in [4.78, 5) is 11.3. The van der Waals surface area contributed by atoms with Gasteiger partial charge in [0, 0.05) is 37.1 Å². The summed E-state index contributed by atoms with van der Waals surface area (Å²) in [5.74, 6) is 1.01. The molecule has 0 spiro atoms. The number of aryl methyl sites for hydroxylation is 1. The predicted octanol–water partition coefficient (Wildman–Crippen LogP) is 4.14. The monoisotopic (exact) mass is 453 g/mol. The number of nitrogens with two attached hydrogens (primary N) is 1. The molecule has 0 saturated carbocycles. The van der Waals surface area contributed by atoms with Gasteiger partial charge in [0.25, 0.3) is 0 Å².